The second kappa shape index (κ2) is 8.54. The first-order chi connectivity index (χ1) is 13.3. The van der Waals surface area contributed by atoms with E-state index < -0.39 is 23.3 Å². The van der Waals surface area contributed by atoms with Gasteiger partial charge in [0.1, 0.15) is 5.82 Å². The SMILES string of the molecule is Cn1c(Cc2cccs2)nnc1SCC(=O)Nc1c(Cl)cccc1C(F)(F)F. The van der Waals surface area contributed by atoms with Crippen LogP contribution in [0.5, 0.6) is 0 Å². The lowest BCUT2D eigenvalue weighted by atomic mass is 10.1. The van der Waals surface area contributed by atoms with Crippen molar-refractivity contribution in [1.29, 1.82) is 0 Å². The standard InChI is InChI=1S/C17H14ClF3N4OS2/c1-25-13(8-10-4-3-7-27-10)23-24-16(25)28-9-14(26)22-15-11(17(19,20)21)5-2-6-12(15)18/h2-7H,8-9H2,1H3,(H,22,26). The Morgan fingerprint density at radius 2 is 2.07 bits per heavy atom. The third-order valence-corrected chi connectivity index (χ3v) is 5.96. The lowest BCUT2D eigenvalue weighted by Crippen LogP contribution is -2.18. The highest BCUT2D eigenvalue weighted by Gasteiger charge is 2.34. The van der Waals surface area contributed by atoms with Crippen LogP contribution in [0.2, 0.25) is 5.02 Å². The maximum atomic E-state index is 13.1. The van der Waals surface area contributed by atoms with E-state index in [-0.39, 0.29) is 10.8 Å². The third-order valence-electron chi connectivity index (χ3n) is 3.75. The van der Waals surface area contributed by atoms with Gasteiger partial charge >= 0.3 is 6.18 Å². The monoisotopic (exact) mass is 446 g/mol. The highest BCUT2D eigenvalue weighted by molar-refractivity contribution is 7.99. The normalized spacial score (nSPS) is 11.6. The lowest BCUT2D eigenvalue weighted by Gasteiger charge is -2.15. The van der Waals surface area contributed by atoms with E-state index in [2.05, 4.69) is 15.5 Å². The van der Waals surface area contributed by atoms with Gasteiger partial charge in [-0.15, -0.1) is 21.5 Å². The van der Waals surface area contributed by atoms with Crippen LogP contribution < -0.4 is 5.32 Å². The number of nitrogens with zero attached hydrogens (tertiary/aromatic N) is 3. The molecule has 0 aliphatic heterocycles. The molecule has 0 spiro atoms. The van der Waals surface area contributed by atoms with Crippen molar-refractivity contribution in [3.8, 4) is 0 Å². The van der Waals surface area contributed by atoms with Crippen LogP contribution in [0.25, 0.3) is 0 Å². The number of anilines is 1. The first-order valence-corrected chi connectivity index (χ1v) is 10.2. The van der Waals surface area contributed by atoms with Crippen LogP contribution in [0.15, 0.2) is 40.9 Å². The zero-order valence-corrected chi connectivity index (χ0v) is 16.8. The summed E-state index contributed by atoms with van der Waals surface area (Å²) in [5.74, 6) is -0.0183. The summed E-state index contributed by atoms with van der Waals surface area (Å²) in [6, 6.07) is 7.28. The van der Waals surface area contributed by atoms with Gasteiger partial charge in [-0.25, -0.2) is 0 Å². The molecule has 2 heterocycles. The molecule has 3 rings (SSSR count). The fourth-order valence-corrected chi connectivity index (χ4v) is 4.04. The maximum absolute atomic E-state index is 13.1. The molecular formula is C17H14ClF3N4OS2. The average molecular weight is 447 g/mol. The van der Waals surface area contributed by atoms with Crippen LogP contribution in [-0.4, -0.2) is 26.4 Å². The number of carbonyl (C=O) groups excluding carboxylic acids is 1. The minimum absolute atomic E-state index is 0.131. The van der Waals surface area contributed by atoms with Crippen molar-refractivity contribution in [2.75, 3.05) is 11.1 Å². The number of hydrogen-bond acceptors (Lipinski definition) is 5. The molecular weight excluding hydrogens is 433 g/mol. The Kier molecular flexibility index (Phi) is 6.31. The van der Waals surface area contributed by atoms with E-state index in [1.165, 1.54) is 12.1 Å². The molecule has 0 fully saturated rings. The van der Waals surface area contributed by atoms with Crippen molar-refractivity contribution >= 4 is 46.3 Å². The van der Waals surface area contributed by atoms with E-state index in [1.807, 2.05) is 17.5 Å². The van der Waals surface area contributed by atoms with E-state index in [9.17, 15) is 18.0 Å². The van der Waals surface area contributed by atoms with Gasteiger partial charge in [-0.05, 0) is 23.6 Å². The van der Waals surface area contributed by atoms with Crippen molar-refractivity contribution in [2.45, 2.75) is 17.8 Å². The Labute approximate surface area is 171 Å². The summed E-state index contributed by atoms with van der Waals surface area (Å²) < 4.78 is 41.1. The topological polar surface area (TPSA) is 59.8 Å². The number of hydrogen-bond donors (Lipinski definition) is 1. The van der Waals surface area contributed by atoms with Gasteiger partial charge in [0.25, 0.3) is 0 Å². The second-order valence-electron chi connectivity index (χ2n) is 5.71. The van der Waals surface area contributed by atoms with Gasteiger partial charge in [0, 0.05) is 18.3 Å². The number of thiophene rings is 1. The molecule has 0 atom stereocenters. The van der Waals surface area contributed by atoms with Crippen LogP contribution in [0.4, 0.5) is 18.9 Å². The molecule has 0 saturated heterocycles. The number of alkyl halides is 3. The Balaban J connectivity index is 1.65. The molecule has 2 aromatic heterocycles. The highest BCUT2D eigenvalue weighted by Crippen LogP contribution is 2.38. The van der Waals surface area contributed by atoms with Gasteiger partial charge in [0.2, 0.25) is 5.91 Å². The minimum Gasteiger partial charge on any atom is -0.324 e. The van der Waals surface area contributed by atoms with Crippen molar-refractivity contribution in [1.82, 2.24) is 14.8 Å². The number of amides is 1. The molecule has 0 aliphatic rings. The summed E-state index contributed by atoms with van der Waals surface area (Å²) >= 11 is 8.53. The summed E-state index contributed by atoms with van der Waals surface area (Å²) in [7, 11) is 1.78. The molecule has 1 aromatic carbocycles. The molecule has 1 N–H and O–H groups in total. The van der Waals surface area contributed by atoms with E-state index >= 15 is 0 Å². The minimum atomic E-state index is -4.62. The molecule has 11 heteroatoms. The van der Waals surface area contributed by atoms with Crippen LogP contribution in [0.1, 0.15) is 16.3 Å². The fraction of sp³-hybridized carbons (Fsp3) is 0.235. The smallest absolute Gasteiger partial charge is 0.324 e. The molecule has 3 aromatic rings. The van der Waals surface area contributed by atoms with E-state index in [4.69, 9.17) is 11.6 Å². The van der Waals surface area contributed by atoms with Crippen LogP contribution in [0.3, 0.4) is 0 Å². The number of thioether (sulfide) groups is 1. The zero-order valence-electron chi connectivity index (χ0n) is 14.5. The molecule has 0 unspecified atom stereocenters. The van der Waals surface area contributed by atoms with Gasteiger partial charge < -0.3 is 9.88 Å². The first kappa shape index (κ1) is 20.7. The molecule has 28 heavy (non-hydrogen) atoms. The molecule has 0 bridgehead atoms. The molecule has 0 aliphatic carbocycles. The number of rotatable bonds is 6. The number of aromatic nitrogens is 3. The quantitative estimate of drug-likeness (QED) is 0.549. The second-order valence-corrected chi connectivity index (χ2v) is 8.09. The van der Waals surface area contributed by atoms with Crippen LogP contribution in [-0.2, 0) is 24.4 Å². The molecule has 1 amide bonds. The largest absolute Gasteiger partial charge is 0.418 e. The average Bonchev–Trinajstić information content (AvgIpc) is 3.25. The number of nitrogens with one attached hydrogen (secondary N) is 1. The number of para-hydroxylation sites is 1. The Bertz CT molecular complexity index is 973. The highest BCUT2D eigenvalue weighted by atomic mass is 35.5. The predicted molar refractivity (Wildman–Crippen MR) is 104 cm³/mol. The Morgan fingerprint density at radius 3 is 2.75 bits per heavy atom. The first-order valence-electron chi connectivity index (χ1n) is 7.94. The predicted octanol–water partition coefficient (Wildman–Crippen LogP) is 4.87. The Morgan fingerprint density at radius 1 is 1.29 bits per heavy atom. The summed E-state index contributed by atoms with van der Waals surface area (Å²) in [6.45, 7) is 0. The van der Waals surface area contributed by atoms with Gasteiger partial charge in [-0.2, -0.15) is 13.2 Å². The van der Waals surface area contributed by atoms with Crippen molar-refractivity contribution in [3.05, 3.63) is 57.0 Å². The summed E-state index contributed by atoms with van der Waals surface area (Å²) in [5, 5.41) is 12.7. The molecule has 0 radical (unpaired) electrons. The summed E-state index contributed by atoms with van der Waals surface area (Å²) in [6.07, 6.45) is -4.01. The van der Waals surface area contributed by atoms with Gasteiger partial charge in [-0.3, -0.25) is 4.79 Å². The van der Waals surface area contributed by atoms with Crippen LogP contribution >= 0.6 is 34.7 Å². The summed E-state index contributed by atoms with van der Waals surface area (Å²) in [4.78, 5) is 13.3. The molecule has 5 nitrogen and oxygen atoms in total. The molecule has 148 valence electrons. The fourth-order valence-electron chi connectivity index (χ4n) is 2.39. The number of carbonyl (C=O) groups is 1. The molecule has 0 saturated carbocycles. The van der Waals surface area contributed by atoms with Crippen molar-refractivity contribution < 1.29 is 18.0 Å². The van der Waals surface area contributed by atoms with Crippen molar-refractivity contribution in [2.24, 2.45) is 7.05 Å². The zero-order chi connectivity index (χ0) is 20.3. The number of benzene rings is 1. The number of halogens is 4. The van der Waals surface area contributed by atoms with Gasteiger partial charge in [0.15, 0.2) is 5.16 Å². The van der Waals surface area contributed by atoms with E-state index in [0.717, 1.165) is 28.5 Å². The summed E-state index contributed by atoms with van der Waals surface area (Å²) in [5.41, 5.74) is -1.44. The third kappa shape index (κ3) is 4.86. The van der Waals surface area contributed by atoms with Gasteiger partial charge in [-0.1, -0.05) is 35.5 Å². The van der Waals surface area contributed by atoms with E-state index in [0.29, 0.717) is 11.6 Å². The van der Waals surface area contributed by atoms with E-state index in [1.54, 1.807) is 23.0 Å². The van der Waals surface area contributed by atoms with Gasteiger partial charge in [0.05, 0.1) is 22.0 Å². The maximum Gasteiger partial charge on any atom is 0.418 e. The van der Waals surface area contributed by atoms with Crippen LogP contribution in [0, 0.1) is 0 Å². The van der Waals surface area contributed by atoms with Crippen molar-refractivity contribution in [3.63, 3.8) is 0 Å². The lowest BCUT2D eigenvalue weighted by molar-refractivity contribution is -0.137. The Hall–Kier alpha value is -2.04.